The minimum atomic E-state index is -0.500. The number of carbonyl (C=O) groups is 1. The zero-order chi connectivity index (χ0) is 16.3. The maximum absolute atomic E-state index is 9.60. The summed E-state index contributed by atoms with van der Waals surface area (Å²) in [7, 11) is 3.38. The summed E-state index contributed by atoms with van der Waals surface area (Å²) in [5.41, 5.74) is 6.25. The number of amides is 1. The normalized spacial score (nSPS) is 11.3. The molecule has 0 bridgehead atoms. The molecule has 0 aliphatic rings. The number of nitrogen functional groups attached to an aromatic ring is 1. The molecule has 1 amide bonds. The first-order valence-electron chi connectivity index (χ1n) is 6.86. The molecule has 21 heavy (non-hydrogen) atoms. The van der Waals surface area contributed by atoms with Gasteiger partial charge in [0.25, 0.3) is 0 Å². The van der Waals surface area contributed by atoms with E-state index in [1.165, 1.54) is 4.90 Å². The van der Waals surface area contributed by atoms with Crippen molar-refractivity contribution in [1.29, 1.82) is 0 Å². The van der Waals surface area contributed by atoms with E-state index in [1.54, 1.807) is 38.4 Å². The van der Waals surface area contributed by atoms with E-state index in [0.717, 1.165) is 12.2 Å². The molecule has 6 heteroatoms. The molecule has 1 atom stereocenters. The van der Waals surface area contributed by atoms with E-state index in [4.69, 9.17) is 10.5 Å². The summed E-state index contributed by atoms with van der Waals surface area (Å²) in [6.45, 7) is 4.89. The fourth-order valence-electron chi connectivity index (χ4n) is 1.19. The molecule has 0 radical (unpaired) electrons. The molecule has 0 fully saturated rings. The van der Waals surface area contributed by atoms with Crippen LogP contribution in [0.4, 0.5) is 5.69 Å². The zero-order valence-electron chi connectivity index (χ0n) is 13.2. The lowest BCUT2D eigenvalue weighted by Gasteiger charge is -2.15. The molecule has 0 saturated carbocycles. The average molecular weight is 297 g/mol. The highest BCUT2D eigenvalue weighted by Gasteiger charge is 2.05. The number of hydrogen-bond acceptors (Lipinski definition) is 5. The quantitative estimate of drug-likeness (QED) is 0.509. The van der Waals surface area contributed by atoms with Crippen LogP contribution in [0, 0.1) is 0 Å². The summed E-state index contributed by atoms with van der Waals surface area (Å²) in [5.74, 6) is 0.720. The van der Waals surface area contributed by atoms with Crippen LogP contribution >= 0.6 is 0 Å². The Morgan fingerprint density at radius 2 is 1.86 bits per heavy atom. The summed E-state index contributed by atoms with van der Waals surface area (Å²) in [5, 5.41) is 12.7. The van der Waals surface area contributed by atoms with Crippen LogP contribution in [-0.2, 0) is 4.79 Å². The molecule has 1 aromatic carbocycles. The minimum absolute atomic E-state index is 0.281. The molecular formula is C15H27N3O3. The number of rotatable bonds is 7. The average Bonchev–Trinajstić information content (AvgIpc) is 2.45. The van der Waals surface area contributed by atoms with Crippen molar-refractivity contribution in [2.45, 2.75) is 26.0 Å². The van der Waals surface area contributed by atoms with Gasteiger partial charge in [0.15, 0.2) is 0 Å². The van der Waals surface area contributed by atoms with E-state index < -0.39 is 6.10 Å². The number of aliphatic hydroxyl groups is 1. The number of ether oxygens (including phenoxy) is 1. The van der Waals surface area contributed by atoms with Gasteiger partial charge in [0.1, 0.15) is 18.5 Å². The maximum atomic E-state index is 9.60. The number of benzene rings is 1. The molecule has 120 valence electrons. The predicted octanol–water partition coefficient (Wildman–Crippen LogP) is 0.711. The van der Waals surface area contributed by atoms with Crippen LogP contribution in [0.1, 0.15) is 13.8 Å². The number of carbonyl (C=O) groups excluding carboxylic acids is 1. The second kappa shape index (κ2) is 10.9. The summed E-state index contributed by atoms with van der Waals surface area (Å²) >= 11 is 0. The SMILES string of the molecule is CC(C)NCC(O)COc1ccc(N)cc1.CN(C)C=O. The summed E-state index contributed by atoms with van der Waals surface area (Å²) < 4.78 is 5.41. The highest BCUT2D eigenvalue weighted by atomic mass is 16.5. The minimum Gasteiger partial charge on any atom is -0.491 e. The van der Waals surface area contributed by atoms with Crippen molar-refractivity contribution >= 4 is 12.1 Å². The van der Waals surface area contributed by atoms with Crippen molar-refractivity contribution in [3.8, 4) is 5.75 Å². The first-order chi connectivity index (χ1) is 9.85. The Morgan fingerprint density at radius 3 is 2.29 bits per heavy atom. The molecule has 0 spiro atoms. The molecule has 1 rings (SSSR count). The molecule has 0 aliphatic carbocycles. The summed E-state index contributed by atoms with van der Waals surface area (Å²) in [6.07, 6.45) is 0.250. The van der Waals surface area contributed by atoms with Crippen LogP contribution in [0.5, 0.6) is 5.75 Å². The Balaban J connectivity index is 0.000000690. The van der Waals surface area contributed by atoms with Gasteiger partial charge in [-0.1, -0.05) is 13.8 Å². The van der Waals surface area contributed by atoms with Crippen molar-refractivity contribution in [3.05, 3.63) is 24.3 Å². The molecule has 6 nitrogen and oxygen atoms in total. The van der Waals surface area contributed by atoms with E-state index in [1.807, 2.05) is 13.8 Å². The Labute approximate surface area is 126 Å². The van der Waals surface area contributed by atoms with Crippen LogP contribution in [-0.4, -0.2) is 55.8 Å². The maximum Gasteiger partial charge on any atom is 0.209 e. The molecule has 1 aromatic rings. The fraction of sp³-hybridized carbons (Fsp3) is 0.533. The second-order valence-electron chi connectivity index (χ2n) is 5.17. The summed E-state index contributed by atoms with van der Waals surface area (Å²) in [6, 6.07) is 7.49. The largest absolute Gasteiger partial charge is 0.491 e. The van der Waals surface area contributed by atoms with Crippen molar-refractivity contribution in [2.24, 2.45) is 0 Å². The molecule has 0 aliphatic heterocycles. The predicted molar refractivity (Wildman–Crippen MR) is 85.2 cm³/mol. The highest BCUT2D eigenvalue weighted by Crippen LogP contribution is 2.13. The van der Waals surface area contributed by atoms with E-state index in [2.05, 4.69) is 5.32 Å². The second-order valence-corrected chi connectivity index (χ2v) is 5.17. The number of hydrogen-bond donors (Lipinski definition) is 3. The van der Waals surface area contributed by atoms with Gasteiger partial charge < -0.3 is 25.8 Å². The van der Waals surface area contributed by atoms with Crippen LogP contribution in [0.3, 0.4) is 0 Å². The van der Waals surface area contributed by atoms with Crippen LogP contribution in [0.15, 0.2) is 24.3 Å². The lowest BCUT2D eigenvalue weighted by molar-refractivity contribution is -0.115. The van der Waals surface area contributed by atoms with Crippen molar-refractivity contribution in [1.82, 2.24) is 10.2 Å². The Morgan fingerprint density at radius 1 is 1.33 bits per heavy atom. The third-order valence-corrected chi connectivity index (χ3v) is 2.30. The first kappa shape index (κ1) is 19.2. The van der Waals surface area contributed by atoms with Gasteiger partial charge in [-0.2, -0.15) is 0 Å². The molecule has 0 aromatic heterocycles. The lowest BCUT2D eigenvalue weighted by Crippen LogP contribution is -2.35. The number of aliphatic hydroxyl groups excluding tert-OH is 1. The van der Waals surface area contributed by atoms with Crippen LogP contribution in [0.2, 0.25) is 0 Å². The fourth-order valence-corrected chi connectivity index (χ4v) is 1.19. The summed E-state index contributed by atoms with van der Waals surface area (Å²) in [4.78, 5) is 10.9. The number of nitrogens with zero attached hydrogens (tertiary/aromatic N) is 1. The molecule has 0 saturated heterocycles. The third kappa shape index (κ3) is 11.7. The van der Waals surface area contributed by atoms with Gasteiger partial charge in [-0.3, -0.25) is 4.79 Å². The number of nitrogens with two attached hydrogens (primary N) is 1. The first-order valence-corrected chi connectivity index (χ1v) is 6.86. The van der Waals surface area contributed by atoms with E-state index in [-0.39, 0.29) is 6.61 Å². The number of nitrogens with one attached hydrogen (secondary N) is 1. The van der Waals surface area contributed by atoms with Gasteiger partial charge in [0.2, 0.25) is 6.41 Å². The smallest absolute Gasteiger partial charge is 0.209 e. The third-order valence-electron chi connectivity index (χ3n) is 2.30. The van der Waals surface area contributed by atoms with Gasteiger partial charge in [0.05, 0.1) is 0 Å². The topological polar surface area (TPSA) is 87.8 Å². The standard InChI is InChI=1S/C12H20N2O2.C3H7NO/c1-9(2)14-7-11(15)8-16-12-5-3-10(13)4-6-12;1-4(2)3-5/h3-6,9,11,14-15H,7-8,13H2,1-2H3;3H,1-2H3. The van der Waals surface area contributed by atoms with Crippen molar-refractivity contribution in [3.63, 3.8) is 0 Å². The van der Waals surface area contributed by atoms with E-state index in [0.29, 0.717) is 18.3 Å². The van der Waals surface area contributed by atoms with Gasteiger partial charge in [-0.05, 0) is 24.3 Å². The Hall–Kier alpha value is -1.79. The van der Waals surface area contributed by atoms with Gasteiger partial charge in [-0.15, -0.1) is 0 Å². The van der Waals surface area contributed by atoms with Gasteiger partial charge in [0, 0.05) is 32.4 Å². The monoisotopic (exact) mass is 297 g/mol. The van der Waals surface area contributed by atoms with Gasteiger partial charge in [-0.25, -0.2) is 0 Å². The lowest BCUT2D eigenvalue weighted by atomic mass is 10.3. The molecule has 1 unspecified atom stereocenters. The highest BCUT2D eigenvalue weighted by molar-refractivity contribution is 5.45. The van der Waals surface area contributed by atoms with Crippen molar-refractivity contribution < 1.29 is 14.6 Å². The van der Waals surface area contributed by atoms with Crippen LogP contribution < -0.4 is 15.8 Å². The van der Waals surface area contributed by atoms with E-state index >= 15 is 0 Å². The molecule has 0 heterocycles. The zero-order valence-corrected chi connectivity index (χ0v) is 13.2. The van der Waals surface area contributed by atoms with E-state index in [9.17, 15) is 9.90 Å². The molecule has 4 N–H and O–H groups in total. The van der Waals surface area contributed by atoms with Crippen molar-refractivity contribution in [2.75, 3.05) is 33.0 Å². The number of anilines is 1. The molecular weight excluding hydrogens is 270 g/mol. The van der Waals surface area contributed by atoms with Crippen LogP contribution in [0.25, 0.3) is 0 Å². The Bertz CT molecular complexity index is 380. The van der Waals surface area contributed by atoms with Gasteiger partial charge >= 0.3 is 0 Å². The Kier molecular flexibility index (Phi) is 10.0.